The average molecular weight is 136 g/mol. The highest BCUT2D eigenvalue weighted by molar-refractivity contribution is 7.86. The van der Waals surface area contributed by atoms with Crippen LogP contribution in [0.1, 0.15) is 6.92 Å². The van der Waals surface area contributed by atoms with Crippen LogP contribution in [0.5, 0.6) is 0 Å². The summed E-state index contributed by atoms with van der Waals surface area (Å²) >= 11 is 0. The lowest BCUT2D eigenvalue weighted by Crippen LogP contribution is -2.12. The van der Waals surface area contributed by atoms with Crippen molar-refractivity contribution in [3.63, 3.8) is 0 Å². The molecule has 8 heavy (non-hydrogen) atoms. The van der Waals surface area contributed by atoms with E-state index in [0.29, 0.717) is 0 Å². The molecule has 4 heteroatoms. The molecule has 0 bridgehead atoms. The van der Waals surface area contributed by atoms with Gasteiger partial charge in [-0.15, -0.1) is 6.58 Å². The van der Waals surface area contributed by atoms with Gasteiger partial charge in [0.1, 0.15) is 5.25 Å². The Morgan fingerprint density at radius 3 is 2.12 bits per heavy atom. The largest absolute Gasteiger partial charge is 0.285 e. The lowest BCUT2D eigenvalue weighted by atomic mass is 10.5. The molecule has 0 saturated heterocycles. The van der Waals surface area contributed by atoms with Gasteiger partial charge in [-0.05, 0) is 6.92 Å². The third-order valence-electron chi connectivity index (χ3n) is 0.802. The molecule has 48 valence electrons. The summed E-state index contributed by atoms with van der Waals surface area (Å²) in [5, 5.41) is -0.859. The summed E-state index contributed by atoms with van der Waals surface area (Å²) < 4.78 is 28.3. The molecule has 0 aliphatic carbocycles. The van der Waals surface area contributed by atoms with E-state index in [1.165, 1.54) is 6.92 Å². The second kappa shape index (κ2) is 2.28. The van der Waals surface area contributed by atoms with Crippen molar-refractivity contribution >= 4 is 10.1 Å². The summed E-state index contributed by atoms with van der Waals surface area (Å²) in [6.45, 7) is 4.54. The second-order valence-electron chi connectivity index (χ2n) is 1.46. The van der Waals surface area contributed by atoms with Crippen LogP contribution in [0, 0.1) is 0 Å². The molecule has 0 fully saturated rings. The zero-order chi connectivity index (χ0) is 6.78. The highest BCUT2D eigenvalue weighted by atomic mass is 32.2. The molecule has 0 aliphatic heterocycles. The van der Waals surface area contributed by atoms with Crippen molar-refractivity contribution in [3.8, 4) is 0 Å². The van der Waals surface area contributed by atoms with Gasteiger partial charge in [0, 0.05) is 0 Å². The van der Waals surface area contributed by atoms with E-state index in [4.69, 9.17) is 4.55 Å². The van der Waals surface area contributed by atoms with E-state index in [1.54, 1.807) is 0 Å². The smallest absolute Gasteiger partial charge is 0.271 e. The third kappa shape index (κ3) is 2.09. The van der Waals surface area contributed by atoms with Crippen molar-refractivity contribution in [3.05, 3.63) is 12.7 Å². The maximum Gasteiger partial charge on any atom is 0.271 e. The second-order valence-corrected chi connectivity index (χ2v) is 3.23. The first-order valence-electron chi connectivity index (χ1n) is 2.07. The Bertz CT molecular complexity index is 168. The summed E-state index contributed by atoms with van der Waals surface area (Å²) in [4.78, 5) is 0. The van der Waals surface area contributed by atoms with Crippen LogP contribution < -0.4 is 0 Å². The number of hydrogen-bond acceptors (Lipinski definition) is 2. The van der Waals surface area contributed by atoms with Gasteiger partial charge < -0.3 is 0 Å². The maximum absolute atomic E-state index is 10.0. The Hall–Kier alpha value is -0.350. The summed E-state index contributed by atoms with van der Waals surface area (Å²) in [5.74, 6) is 0. The van der Waals surface area contributed by atoms with Gasteiger partial charge in [-0.1, -0.05) is 6.08 Å². The fraction of sp³-hybridized carbons (Fsp3) is 0.500. The Labute approximate surface area is 48.8 Å². The van der Waals surface area contributed by atoms with Gasteiger partial charge >= 0.3 is 0 Å². The van der Waals surface area contributed by atoms with Crippen molar-refractivity contribution < 1.29 is 13.0 Å². The minimum Gasteiger partial charge on any atom is -0.285 e. The highest BCUT2D eigenvalue weighted by Gasteiger charge is 2.11. The lowest BCUT2D eigenvalue weighted by molar-refractivity contribution is 0.477. The van der Waals surface area contributed by atoms with Gasteiger partial charge in [0.2, 0.25) is 0 Å². The fourth-order valence-electron chi connectivity index (χ4n) is 0.122. The molecule has 1 N–H and O–H groups in total. The van der Waals surface area contributed by atoms with Crippen molar-refractivity contribution in [2.24, 2.45) is 0 Å². The number of rotatable bonds is 2. The normalized spacial score (nSPS) is 15.2. The van der Waals surface area contributed by atoms with E-state index in [9.17, 15) is 8.42 Å². The third-order valence-corrected chi connectivity index (χ3v) is 1.93. The standard InChI is InChI=1S/C4H8O3S/c1-3-4(2)8(5,6)7/h3-4H,1H2,2H3,(H,5,6,7). The molecule has 0 aromatic rings. The van der Waals surface area contributed by atoms with Crippen LogP contribution in [0.15, 0.2) is 12.7 Å². The first-order chi connectivity index (χ1) is 3.48. The van der Waals surface area contributed by atoms with Crippen LogP contribution in [0.25, 0.3) is 0 Å². The Morgan fingerprint density at radius 2 is 2.12 bits per heavy atom. The maximum atomic E-state index is 10.0. The van der Waals surface area contributed by atoms with Crippen molar-refractivity contribution in [1.82, 2.24) is 0 Å². The highest BCUT2D eigenvalue weighted by Crippen LogP contribution is 1.95. The van der Waals surface area contributed by atoms with E-state index in [-0.39, 0.29) is 0 Å². The lowest BCUT2D eigenvalue weighted by Gasteiger charge is -1.96. The Balaban J connectivity index is 4.26. The summed E-state index contributed by atoms with van der Waals surface area (Å²) in [6, 6.07) is 0. The molecule has 0 saturated carbocycles. The Kier molecular flexibility index (Phi) is 2.18. The molecule has 0 aromatic carbocycles. The zero-order valence-electron chi connectivity index (χ0n) is 4.53. The minimum absolute atomic E-state index is 0.859. The van der Waals surface area contributed by atoms with E-state index in [2.05, 4.69) is 6.58 Å². The predicted octanol–water partition coefficient (Wildman–Crippen LogP) is 0.449. The average Bonchev–Trinajstić information content (AvgIpc) is 1.62. The molecule has 0 amide bonds. The summed E-state index contributed by atoms with van der Waals surface area (Å²) in [5.41, 5.74) is 0. The van der Waals surface area contributed by atoms with Crippen LogP contribution in [-0.4, -0.2) is 18.2 Å². The molecular weight excluding hydrogens is 128 g/mol. The van der Waals surface area contributed by atoms with Crippen LogP contribution in [0.3, 0.4) is 0 Å². The molecule has 3 nitrogen and oxygen atoms in total. The molecule has 0 rings (SSSR count). The first-order valence-corrected chi connectivity index (χ1v) is 3.57. The van der Waals surface area contributed by atoms with E-state index < -0.39 is 15.4 Å². The van der Waals surface area contributed by atoms with Crippen LogP contribution in [0.4, 0.5) is 0 Å². The molecule has 1 atom stereocenters. The monoisotopic (exact) mass is 136 g/mol. The molecular formula is C4H8O3S. The van der Waals surface area contributed by atoms with Crippen LogP contribution in [0.2, 0.25) is 0 Å². The van der Waals surface area contributed by atoms with Crippen molar-refractivity contribution in [1.29, 1.82) is 0 Å². The van der Waals surface area contributed by atoms with Crippen LogP contribution in [-0.2, 0) is 10.1 Å². The molecule has 0 radical (unpaired) electrons. The van der Waals surface area contributed by atoms with Gasteiger partial charge in [0.15, 0.2) is 0 Å². The molecule has 0 spiro atoms. The molecule has 0 heterocycles. The zero-order valence-corrected chi connectivity index (χ0v) is 5.35. The van der Waals surface area contributed by atoms with Gasteiger partial charge in [0.05, 0.1) is 0 Å². The fourth-order valence-corrected chi connectivity index (χ4v) is 0.365. The van der Waals surface area contributed by atoms with Crippen molar-refractivity contribution in [2.75, 3.05) is 0 Å². The topological polar surface area (TPSA) is 54.4 Å². The van der Waals surface area contributed by atoms with Crippen molar-refractivity contribution in [2.45, 2.75) is 12.2 Å². The Morgan fingerprint density at radius 1 is 1.75 bits per heavy atom. The van der Waals surface area contributed by atoms with Gasteiger partial charge in [-0.3, -0.25) is 4.55 Å². The quantitative estimate of drug-likeness (QED) is 0.443. The van der Waals surface area contributed by atoms with Crippen LogP contribution >= 0.6 is 0 Å². The molecule has 0 aliphatic rings. The van der Waals surface area contributed by atoms with Gasteiger partial charge in [-0.25, -0.2) is 0 Å². The summed E-state index contributed by atoms with van der Waals surface area (Å²) in [6.07, 6.45) is 1.16. The van der Waals surface area contributed by atoms with E-state index >= 15 is 0 Å². The minimum atomic E-state index is -3.87. The SMILES string of the molecule is C=CC(C)S(=O)(=O)O. The van der Waals surface area contributed by atoms with Gasteiger partial charge in [-0.2, -0.15) is 8.42 Å². The van der Waals surface area contributed by atoms with Gasteiger partial charge in [0.25, 0.3) is 10.1 Å². The molecule has 1 unspecified atom stereocenters. The summed E-state index contributed by atoms with van der Waals surface area (Å²) in [7, 11) is -3.87. The van der Waals surface area contributed by atoms with E-state index in [0.717, 1.165) is 6.08 Å². The number of hydrogen-bond donors (Lipinski definition) is 1. The molecule has 0 aromatic heterocycles. The predicted molar refractivity (Wildman–Crippen MR) is 31.2 cm³/mol. The van der Waals surface area contributed by atoms with E-state index in [1.807, 2.05) is 0 Å². The first kappa shape index (κ1) is 7.65.